The number of carbonyl (C=O) groups excluding carboxylic acids is 1. The van der Waals surface area contributed by atoms with E-state index in [0.29, 0.717) is 6.04 Å². The van der Waals surface area contributed by atoms with Gasteiger partial charge < -0.3 is 0 Å². The molecule has 2 unspecified atom stereocenters. The van der Waals surface area contributed by atoms with E-state index in [-0.39, 0.29) is 11.8 Å². The van der Waals surface area contributed by atoms with Gasteiger partial charge in [-0.25, -0.2) is 0 Å². The number of nitrogens with zero attached hydrogens (tertiary/aromatic N) is 1. The fourth-order valence-corrected chi connectivity index (χ4v) is 2.86. The first-order chi connectivity index (χ1) is 9.38. The van der Waals surface area contributed by atoms with Crippen molar-refractivity contribution in [2.75, 3.05) is 19.1 Å². The third-order valence-electron chi connectivity index (χ3n) is 4.08. The summed E-state index contributed by atoms with van der Waals surface area (Å²) in [6.45, 7) is 8.25. The molecule has 2 atom stereocenters. The van der Waals surface area contributed by atoms with Gasteiger partial charge in [-0.3, -0.25) is 9.69 Å². The Bertz CT molecular complexity index is 458. The number of benzene rings is 1. The van der Waals surface area contributed by atoms with Gasteiger partial charge in [-0.1, -0.05) is 17.7 Å². The van der Waals surface area contributed by atoms with Crippen molar-refractivity contribution in [1.29, 1.82) is 0 Å². The largest absolute Gasteiger partial charge is 0.294 e. The summed E-state index contributed by atoms with van der Waals surface area (Å²) >= 11 is 1.86. The summed E-state index contributed by atoms with van der Waals surface area (Å²) in [5.74, 6) is 1.36. The van der Waals surface area contributed by atoms with E-state index in [1.807, 2.05) is 44.7 Å². The zero-order valence-corrected chi connectivity index (χ0v) is 14.4. The second-order valence-corrected chi connectivity index (χ2v) is 6.64. The maximum Gasteiger partial charge on any atom is 0.179 e. The summed E-state index contributed by atoms with van der Waals surface area (Å²) < 4.78 is 0. The van der Waals surface area contributed by atoms with E-state index >= 15 is 0 Å². The fourth-order valence-electron chi connectivity index (χ4n) is 2.29. The summed E-state index contributed by atoms with van der Waals surface area (Å²) in [6.07, 6.45) is 3.24. The topological polar surface area (TPSA) is 20.3 Å². The number of rotatable bonds is 7. The van der Waals surface area contributed by atoms with Crippen molar-refractivity contribution in [2.24, 2.45) is 0 Å². The minimum absolute atomic E-state index is 0.0765. The standard InChI is InChI=1S/C17H27NOS/c1-12-7-8-13(2)16(11-12)17(19)15(4)18(5)14(3)9-10-20-6/h7-8,11,14-15H,9-10H2,1-6H3. The molecule has 0 aliphatic carbocycles. The Hall–Kier alpha value is -0.800. The maximum atomic E-state index is 12.7. The molecule has 0 aliphatic heterocycles. The molecule has 0 heterocycles. The highest BCUT2D eigenvalue weighted by Gasteiger charge is 2.24. The number of ketones is 1. The second-order valence-electron chi connectivity index (χ2n) is 5.65. The van der Waals surface area contributed by atoms with Gasteiger partial charge in [0.25, 0.3) is 0 Å². The van der Waals surface area contributed by atoms with E-state index in [4.69, 9.17) is 0 Å². The molecule has 1 rings (SSSR count). The van der Waals surface area contributed by atoms with Crippen molar-refractivity contribution in [1.82, 2.24) is 4.90 Å². The van der Waals surface area contributed by atoms with Gasteiger partial charge in [0, 0.05) is 11.6 Å². The van der Waals surface area contributed by atoms with Crippen LogP contribution in [0, 0.1) is 13.8 Å². The molecule has 3 heteroatoms. The van der Waals surface area contributed by atoms with Crippen molar-refractivity contribution in [3.8, 4) is 0 Å². The van der Waals surface area contributed by atoms with Gasteiger partial charge >= 0.3 is 0 Å². The van der Waals surface area contributed by atoms with Crippen LogP contribution in [0.25, 0.3) is 0 Å². The lowest BCUT2D eigenvalue weighted by atomic mass is 9.97. The predicted octanol–water partition coefficient (Wildman–Crippen LogP) is 3.95. The zero-order chi connectivity index (χ0) is 15.3. The molecule has 0 aromatic heterocycles. The van der Waals surface area contributed by atoms with Crippen LogP contribution in [-0.2, 0) is 0 Å². The van der Waals surface area contributed by atoms with Crippen LogP contribution < -0.4 is 0 Å². The van der Waals surface area contributed by atoms with Gasteiger partial charge in [0.1, 0.15) is 0 Å². The normalized spacial score (nSPS) is 14.3. The van der Waals surface area contributed by atoms with Crippen molar-refractivity contribution >= 4 is 17.5 Å². The minimum Gasteiger partial charge on any atom is -0.294 e. The number of hydrogen-bond donors (Lipinski definition) is 0. The third kappa shape index (κ3) is 4.35. The number of aryl methyl sites for hydroxylation is 2. The van der Waals surface area contributed by atoms with Crippen molar-refractivity contribution in [2.45, 2.75) is 46.2 Å². The molecule has 0 N–H and O–H groups in total. The fraction of sp³-hybridized carbons (Fsp3) is 0.588. The van der Waals surface area contributed by atoms with Gasteiger partial charge in [0.15, 0.2) is 5.78 Å². The molecule has 0 bridgehead atoms. The number of thioether (sulfide) groups is 1. The van der Waals surface area contributed by atoms with Crippen LogP contribution in [0.15, 0.2) is 18.2 Å². The Labute approximate surface area is 127 Å². The van der Waals surface area contributed by atoms with Crippen molar-refractivity contribution in [3.63, 3.8) is 0 Å². The van der Waals surface area contributed by atoms with Crippen molar-refractivity contribution < 1.29 is 4.79 Å². The summed E-state index contributed by atoms with van der Waals surface area (Å²) in [6, 6.07) is 6.45. The van der Waals surface area contributed by atoms with Crippen LogP contribution in [0.1, 0.15) is 41.8 Å². The van der Waals surface area contributed by atoms with E-state index in [2.05, 4.69) is 31.2 Å². The lowest BCUT2D eigenvalue weighted by Gasteiger charge is -2.30. The van der Waals surface area contributed by atoms with Crippen LogP contribution >= 0.6 is 11.8 Å². The zero-order valence-electron chi connectivity index (χ0n) is 13.6. The number of carbonyl (C=O) groups is 1. The molecule has 0 spiro atoms. The molecule has 0 amide bonds. The molecular weight excluding hydrogens is 266 g/mol. The average molecular weight is 293 g/mol. The molecule has 20 heavy (non-hydrogen) atoms. The smallest absolute Gasteiger partial charge is 0.179 e. The third-order valence-corrected chi connectivity index (χ3v) is 4.73. The number of hydrogen-bond acceptors (Lipinski definition) is 3. The van der Waals surface area contributed by atoms with Crippen molar-refractivity contribution in [3.05, 3.63) is 34.9 Å². The Kier molecular flexibility index (Phi) is 6.77. The first kappa shape index (κ1) is 17.3. The Morgan fingerprint density at radius 1 is 1.30 bits per heavy atom. The van der Waals surface area contributed by atoms with Crippen LogP contribution in [0.5, 0.6) is 0 Å². The highest BCUT2D eigenvalue weighted by Crippen LogP contribution is 2.17. The van der Waals surface area contributed by atoms with Crippen LogP contribution in [0.3, 0.4) is 0 Å². The average Bonchev–Trinajstić information content (AvgIpc) is 2.44. The first-order valence-electron chi connectivity index (χ1n) is 7.20. The summed E-state index contributed by atoms with van der Waals surface area (Å²) in [5, 5.41) is 0. The molecule has 0 radical (unpaired) electrons. The van der Waals surface area contributed by atoms with Gasteiger partial charge in [0.2, 0.25) is 0 Å². The van der Waals surface area contributed by atoms with Crippen LogP contribution in [0.4, 0.5) is 0 Å². The molecule has 0 saturated carbocycles. The monoisotopic (exact) mass is 293 g/mol. The summed E-state index contributed by atoms with van der Waals surface area (Å²) in [4.78, 5) is 14.9. The van der Waals surface area contributed by atoms with E-state index in [1.54, 1.807) is 0 Å². The first-order valence-corrected chi connectivity index (χ1v) is 8.60. The number of likely N-dealkylation sites (N-methyl/N-ethyl adjacent to an activating group) is 1. The second kappa shape index (κ2) is 7.84. The highest BCUT2D eigenvalue weighted by molar-refractivity contribution is 7.98. The van der Waals surface area contributed by atoms with E-state index in [0.717, 1.165) is 28.9 Å². The molecule has 112 valence electrons. The highest BCUT2D eigenvalue weighted by atomic mass is 32.2. The van der Waals surface area contributed by atoms with Gasteiger partial charge in [-0.05, 0) is 64.8 Å². The van der Waals surface area contributed by atoms with Gasteiger partial charge in [0.05, 0.1) is 6.04 Å². The SMILES string of the molecule is CSCCC(C)N(C)C(C)C(=O)c1cc(C)ccc1C. The Balaban J connectivity index is 2.82. The van der Waals surface area contributed by atoms with E-state index in [1.165, 1.54) is 0 Å². The Morgan fingerprint density at radius 3 is 2.55 bits per heavy atom. The maximum absolute atomic E-state index is 12.7. The minimum atomic E-state index is -0.0765. The van der Waals surface area contributed by atoms with Crippen LogP contribution in [0.2, 0.25) is 0 Å². The van der Waals surface area contributed by atoms with Crippen LogP contribution in [-0.4, -0.2) is 41.8 Å². The molecule has 0 aliphatic rings. The van der Waals surface area contributed by atoms with Gasteiger partial charge in [-0.2, -0.15) is 11.8 Å². The summed E-state index contributed by atoms with van der Waals surface area (Å²) in [5.41, 5.74) is 3.07. The Morgan fingerprint density at radius 2 is 1.95 bits per heavy atom. The lowest BCUT2D eigenvalue weighted by molar-refractivity contribution is 0.0824. The predicted molar refractivity (Wildman–Crippen MR) is 89.9 cm³/mol. The number of Topliss-reactive ketones (excluding diaryl/α,β-unsaturated/α-hetero) is 1. The molecular formula is C17H27NOS. The van der Waals surface area contributed by atoms with E-state index in [9.17, 15) is 4.79 Å². The quantitative estimate of drug-likeness (QED) is 0.710. The molecule has 0 saturated heterocycles. The molecule has 1 aromatic carbocycles. The van der Waals surface area contributed by atoms with Gasteiger partial charge in [-0.15, -0.1) is 0 Å². The summed E-state index contributed by atoms with van der Waals surface area (Å²) in [7, 11) is 2.05. The molecule has 0 fully saturated rings. The lowest BCUT2D eigenvalue weighted by Crippen LogP contribution is -2.42. The molecule has 1 aromatic rings. The molecule has 2 nitrogen and oxygen atoms in total. The van der Waals surface area contributed by atoms with E-state index < -0.39 is 0 Å².